The third-order valence-electron chi connectivity index (χ3n) is 6.27. The number of rotatable bonds is 8. The highest BCUT2D eigenvalue weighted by Gasteiger charge is 2.30. The number of amides is 1. The fourth-order valence-electron chi connectivity index (χ4n) is 4.35. The van der Waals surface area contributed by atoms with Crippen LogP contribution < -0.4 is 10.5 Å². The maximum Gasteiger partial charge on any atom is 0.409 e. The second-order valence-electron chi connectivity index (χ2n) is 8.69. The van der Waals surface area contributed by atoms with Crippen molar-refractivity contribution in [2.24, 2.45) is 5.73 Å². The average Bonchev–Trinajstić information content (AvgIpc) is 2.88. The summed E-state index contributed by atoms with van der Waals surface area (Å²) in [6.45, 7) is 3.90. The molecule has 1 aliphatic rings. The lowest BCUT2D eigenvalue weighted by atomic mass is 10.1. The van der Waals surface area contributed by atoms with Gasteiger partial charge in [0.05, 0.1) is 17.7 Å². The van der Waals surface area contributed by atoms with E-state index < -0.39 is 16.2 Å². The minimum absolute atomic E-state index is 0.0480. The molecule has 1 atom stereocenters. The highest BCUT2D eigenvalue weighted by Crippen LogP contribution is 2.21. The van der Waals surface area contributed by atoms with Crippen molar-refractivity contribution in [2.45, 2.75) is 24.4 Å². The molecule has 3 aromatic rings. The Bertz CT molecular complexity index is 1350. The number of carbonyl (C=O) groups excluding carboxylic acids is 1. The van der Waals surface area contributed by atoms with Crippen LogP contribution in [0.4, 0.5) is 4.79 Å². The molecule has 1 heterocycles. The van der Waals surface area contributed by atoms with Gasteiger partial charge in [0.25, 0.3) is 0 Å². The Morgan fingerprint density at radius 1 is 1.03 bits per heavy atom. The van der Waals surface area contributed by atoms with Gasteiger partial charge in [-0.15, -0.1) is 0 Å². The molecule has 10 heteroatoms. The van der Waals surface area contributed by atoms with Gasteiger partial charge >= 0.3 is 6.09 Å². The zero-order valence-corrected chi connectivity index (χ0v) is 21.0. The van der Waals surface area contributed by atoms with Gasteiger partial charge in [0.1, 0.15) is 5.84 Å². The Balaban J connectivity index is 1.59. The number of piperazine rings is 1. The fraction of sp³-hybridized carbons (Fsp3) is 0.308. The van der Waals surface area contributed by atoms with Gasteiger partial charge in [-0.1, -0.05) is 48.5 Å². The zero-order chi connectivity index (χ0) is 25.7. The number of nitrogens with one attached hydrogen (secondary N) is 2. The first-order valence-corrected chi connectivity index (χ1v) is 13.4. The van der Waals surface area contributed by atoms with Crippen molar-refractivity contribution in [1.82, 2.24) is 14.5 Å². The number of nitrogens with two attached hydrogens (primary N) is 1. The van der Waals surface area contributed by atoms with Gasteiger partial charge in [-0.25, -0.2) is 13.2 Å². The molecule has 1 fully saturated rings. The Hall–Kier alpha value is -3.47. The second kappa shape index (κ2) is 11.1. The molecule has 0 unspecified atom stereocenters. The quantitative estimate of drug-likeness (QED) is 0.316. The van der Waals surface area contributed by atoms with Crippen molar-refractivity contribution >= 4 is 32.7 Å². The summed E-state index contributed by atoms with van der Waals surface area (Å²) in [6, 6.07) is 19.9. The molecule has 1 amide bonds. The molecular formula is C26H31N5O4S. The van der Waals surface area contributed by atoms with Crippen molar-refractivity contribution in [3.05, 3.63) is 77.9 Å². The van der Waals surface area contributed by atoms with Crippen LogP contribution in [0.5, 0.6) is 0 Å². The fourth-order valence-corrected chi connectivity index (χ4v) is 5.60. The standard InChI is InChI=1S/C26H31N5O4S/c1-2-35-26(32)31-14-12-30(13-15-31)24(17-19-6-5-9-22(16-19)25(27)28)29-36(33,34)23-11-10-20-7-3-4-8-21(20)18-23/h3-11,16,18,24,29H,2,12-15,17H2,1H3,(H3,27,28)/t24-/m1/s1. The predicted molar refractivity (Wildman–Crippen MR) is 139 cm³/mol. The molecule has 4 N–H and O–H groups in total. The van der Waals surface area contributed by atoms with Crippen molar-refractivity contribution in [3.63, 3.8) is 0 Å². The Labute approximate surface area is 211 Å². The lowest BCUT2D eigenvalue weighted by molar-refractivity contribution is 0.0637. The first-order valence-electron chi connectivity index (χ1n) is 11.9. The number of amidine groups is 1. The number of ether oxygens (including phenoxy) is 1. The summed E-state index contributed by atoms with van der Waals surface area (Å²) in [7, 11) is -3.85. The monoisotopic (exact) mass is 509 g/mol. The van der Waals surface area contributed by atoms with Crippen LogP contribution in [0.3, 0.4) is 0 Å². The lowest BCUT2D eigenvalue weighted by Gasteiger charge is -2.39. The highest BCUT2D eigenvalue weighted by molar-refractivity contribution is 7.89. The van der Waals surface area contributed by atoms with Gasteiger partial charge in [0.2, 0.25) is 10.0 Å². The molecule has 3 aromatic carbocycles. The largest absolute Gasteiger partial charge is 0.450 e. The molecule has 0 saturated carbocycles. The molecule has 0 spiro atoms. The van der Waals surface area contributed by atoms with E-state index in [1.54, 1.807) is 48.2 Å². The summed E-state index contributed by atoms with van der Waals surface area (Å²) in [5, 5.41) is 9.54. The lowest BCUT2D eigenvalue weighted by Crippen LogP contribution is -2.57. The minimum atomic E-state index is -3.85. The molecule has 9 nitrogen and oxygen atoms in total. The Kier molecular flexibility index (Phi) is 7.88. The van der Waals surface area contributed by atoms with Gasteiger partial charge in [-0.3, -0.25) is 10.3 Å². The summed E-state index contributed by atoms with van der Waals surface area (Å²) in [6.07, 6.45) is -0.555. The van der Waals surface area contributed by atoms with Gasteiger partial charge in [0.15, 0.2) is 0 Å². The van der Waals surface area contributed by atoms with Gasteiger partial charge in [-0.2, -0.15) is 4.72 Å². The molecule has 0 bridgehead atoms. The summed E-state index contributed by atoms with van der Waals surface area (Å²) >= 11 is 0. The maximum absolute atomic E-state index is 13.5. The zero-order valence-electron chi connectivity index (χ0n) is 20.2. The molecule has 1 saturated heterocycles. The van der Waals surface area contributed by atoms with E-state index in [1.807, 2.05) is 35.2 Å². The van der Waals surface area contributed by atoms with E-state index >= 15 is 0 Å². The number of benzene rings is 3. The number of sulfonamides is 1. The van der Waals surface area contributed by atoms with E-state index in [9.17, 15) is 13.2 Å². The smallest absolute Gasteiger partial charge is 0.409 e. The first kappa shape index (κ1) is 25.6. The van der Waals surface area contributed by atoms with E-state index in [4.69, 9.17) is 15.9 Å². The van der Waals surface area contributed by atoms with Crippen molar-refractivity contribution in [1.29, 1.82) is 5.41 Å². The number of hydrogen-bond acceptors (Lipinski definition) is 6. The molecule has 0 radical (unpaired) electrons. The third kappa shape index (κ3) is 6.01. The van der Waals surface area contributed by atoms with Gasteiger partial charge in [0, 0.05) is 38.2 Å². The molecule has 190 valence electrons. The van der Waals surface area contributed by atoms with Crippen LogP contribution in [0.25, 0.3) is 10.8 Å². The van der Waals surface area contributed by atoms with Gasteiger partial charge in [-0.05, 0) is 41.5 Å². The van der Waals surface area contributed by atoms with E-state index in [0.717, 1.165) is 16.3 Å². The average molecular weight is 510 g/mol. The highest BCUT2D eigenvalue weighted by atomic mass is 32.2. The summed E-state index contributed by atoms with van der Waals surface area (Å²) in [5.74, 6) is -0.0480. The van der Waals surface area contributed by atoms with Crippen molar-refractivity contribution in [2.75, 3.05) is 32.8 Å². The van der Waals surface area contributed by atoms with Crippen LogP contribution in [-0.2, 0) is 21.2 Å². The van der Waals surface area contributed by atoms with Crippen LogP contribution in [0, 0.1) is 5.41 Å². The first-order chi connectivity index (χ1) is 17.3. The minimum Gasteiger partial charge on any atom is -0.450 e. The normalized spacial score (nSPS) is 15.5. The van der Waals surface area contributed by atoms with Crippen LogP contribution in [0.15, 0.2) is 71.6 Å². The third-order valence-corrected chi connectivity index (χ3v) is 7.73. The van der Waals surface area contributed by atoms with Crippen LogP contribution in [-0.4, -0.2) is 69.1 Å². The Morgan fingerprint density at radius 3 is 2.44 bits per heavy atom. The number of nitrogen functional groups attached to an aromatic ring is 1. The molecule has 36 heavy (non-hydrogen) atoms. The van der Waals surface area contributed by atoms with Crippen molar-refractivity contribution < 1.29 is 17.9 Å². The summed E-state index contributed by atoms with van der Waals surface area (Å²) in [4.78, 5) is 16.0. The van der Waals surface area contributed by atoms with Crippen LogP contribution >= 0.6 is 0 Å². The molecule has 0 aliphatic carbocycles. The number of nitrogens with zero attached hydrogens (tertiary/aromatic N) is 2. The topological polar surface area (TPSA) is 129 Å². The van der Waals surface area contributed by atoms with Gasteiger partial charge < -0.3 is 15.4 Å². The molecule has 4 rings (SSSR count). The van der Waals surface area contributed by atoms with E-state index in [2.05, 4.69) is 4.72 Å². The van der Waals surface area contributed by atoms with E-state index in [1.165, 1.54) is 0 Å². The van der Waals surface area contributed by atoms with Crippen molar-refractivity contribution in [3.8, 4) is 0 Å². The molecular weight excluding hydrogens is 478 g/mol. The molecule has 1 aliphatic heterocycles. The Morgan fingerprint density at radius 2 is 1.75 bits per heavy atom. The maximum atomic E-state index is 13.5. The number of fused-ring (bicyclic) bond motifs is 1. The van der Waals surface area contributed by atoms with E-state index in [0.29, 0.717) is 44.8 Å². The number of carbonyl (C=O) groups is 1. The summed E-state index contributed by atoms with van der Waals surface area (Å²) < 4.78 is 34.9. The predicted octanol–water partition coefficient (Wildman–Crippen LogP) is 2.75. The van der Waals surface area contributed by atoms with Crippen LogP contribution in [0.2, 0.25) is 0 Å². The van der Waals surface area contributed by atoms with Crippen LogP contribution in [0.1, 0.15) is 18.1 Å². The molecule has 0 aromatic heterocycles. The SMILES string of the molecule is CCOC(=O)N1CCN([C@H](Cc2cccc(C(=N)N)c2)NS(=O)(=O)c2ccc3ccccc3c2)CC1. The summed E-state index contributed by atoms with van der Waals surface area (Å²) in [5.41, 5.74) is 7.09. The van der Waals surface area contributed by atoms with E-state index in [-0.39, 0.29) is 16.8 Å². The second-order valence-corrected chi connectivity index (χ2v) is 10.4. The number of hydrogen-bond donors (Lipinski definition) is 3.